The summed E-state index contributed by atoms with van der Waals surface area (Å²) in [6.45, 7) is 0. The molecule has 2 rings (SSSR count). The number of ether oxygens (including phenoxy) is 1. The van der Waals surface area contributed by atoms with Crippen LogP contribution in [0, 0.1) is 0 Å². The smallest absolute Gasteiger partial charge is 0.261 e. The molecular formula is C7H7ClN4O. The summed E-state index contributed by atoms with van der Waals surface area (Å²) in [6.07, 6.45) is 1.64. The van der Waals surface area contributed by atoms with Crippen LogP contribution in [0.2, 0.25) is 5.15 Å². The number of hydrogen-bond acceptors (Lipinski definition) is 4. The van der Waals surface area contributed by atoms with Crippen molar-refractivity contribution in [2.45, 2.75) is 0 Å². The molecule has 68 valence electrons. The Labute approximate surface area is 79.3 Å². The highest BCUT2D eigenvalue weighted by Gasteiger charge is 2.12. The zero-order chi connectivity index (χ0) is 9.42. The van der Waals surface area contributed by atoms with E-state index in [1.165, 1.54) is 7.11 Å². The van der Waals surface area contributed by atoms with Gasteiger partial charge in [0.15, 0.2) is 10.7 Å². The van der Waals surface area contributed by atoms with Crippen molar-refractivity contribution in [1.29, 1.82) is 0 Å². The molecule has 2 heterocycles. The van der Waals surface area contributed by atoms with Gasteiger partial charge in [-0.2, -0.15) is 0 Å². The minimum Gasteiger partial charge on any atom is -0.478 e. The Kier molecular flexibility index (Phi) is 1.81. The van der Waals surface area contributed by atoms with E-state index in [9.17, 15) is 0 Å². The monoisotopic (exact) mass is 198 g/mol. The third-order valence-corrected chi connectivity index (χ3v) is 2.01. The second kappa shape index (κ2) is 2.85. The molecule has 0 aromatic carbocycles. The summed E-state index contributed by atoms with van der Waals surface area (Å²) in [4.78, 5) is 4.10. The number of aromatic nitrogens is 4. The number of imidazole rings is 1. The van der Waals surface area contributed by atoms with Gasteiger partial charge in [0.2, 0.25) is 0 Å². The van der Waals surface area contributed by atoms with E-state index in [0.717, 1.165) is 5.52 Å². The van der Waals surface area contributed by atoms with Crippen molar-refractivity contribution in [2.24, 2.45) is 7.05 Å². The van der Waals surface area contributed by atoms with E-state index in [2.05, 4.69) is 15.2 Å². The molecule has 2 aromatic rings. The van der Waals surface area contributed by atoms with E-state index in [1.54, 1.807) is 10.9 Å². The fraction of sp³-hybridized carbons (Fsp3) is 0.286. The molecule has 0 bridgehead atoms. The summed E-state index contributed by atoms with van der Waals surface area (Å²) in [5.74, 6) is 0.389. The lowest BCUT2D eigenvalue weighted by atomic mass is 10.4. The molecule has 2 aromatic heterocycles. The van der Waals surface area contributed by atoms with Crippen LogP contribution in [0.3, 0.4) is 0 Å². The normalized spacial score (nSPS) is 10.7. The summed E-state index contributed by atoms with van der Waals surface area (Å²) >= 11 is 5.84. The van der Waals surface area contributed by atoms with Crippen LogP contribution in [-0.4, -0.2) is 26.9 Å². The van der Waals surface area contributed by atoms with Crippen LogP contribution in [0.1, 0.15) is 0 Å². The molecule has 0 N–H and O–H groups in total. The van der Waals surface area contributed by atoms with Gasteiger partial charge in [-0.15, -0.1) is 10.2 Å². The van der Waals surface area contributed by atoms with Crippen LogP contribution < -0.4 is 4.74 Å². The topological polar surface area (TPSA) is 52.8 Å². The number of hydrogen-bond donors (Lipinski definition) is 0. The fourth-order valence-electron chi connectivity index (χ4n) is 1.15. The molecule has 0 aliphatic rings. The van der Waals surface area contributed by atoms with Crippen molar-refractivity contribution in [1.82, 2.24) is 19.7 Å². The van der Waals surface area contributed by atoms with Crippen LogP contribution in [0.5, 0.6) is 5.88 Å². The van der Waals surface area contributed by atoms with Crippen molar-refractivity contribution in [3.63, 3.8) is 0 Å². The second-order valence-electron chi connectivity index (χ2n) is 2.55. The number of nitrogens with zero attached hydrogens (tertiary/aromatic N) is 4. The molecule has 0 unspecified atom stereocenters. The second-order valence-corrected chi connectivity index (χ2v) is 2.91. The number of halogens is 1. The lowest BCUT2D eigenvalue weighted by Crippen LogP contribution is -1.94. The summed E-state index contributed by atoms with van der Waals surface area (Å²) in [6, 6.07) is 0. The Morgan fingerprint density at radius 3 is 2.92 bits per heavy atom. The molecule has 0 aliphatic carbocycles. The average Bonchev–Trinajstić information content (AvgIpc) is 2.50. The first-order valence-corrected chi connectivity index (χ1v) is 3.99. The van der Waals surface area contributed by atoms with E-state index in [4.69, 9.17) is 16.3 Å². The fourth-order valence-corrected chi connectivity index (χ4v) is 1.41. The molecule has 13 heavy (non-hydrogen) atoms. The standard InChI is InChI=1S/C7H7ClN4O/c1-12-3-9-4-5(12)6(8)10-11-7(4)13-2/h3H,1-2H3. The molecule has 6 heteroatoms. The first-order chi connectivity index (χ1) is 6.24. The maximum Gasteiger partial charge on any atom is 0.261 e. The molecule has 0 aliphatic heterocycles. The summed E-state index contributed by atoms with van der Waals surface area (Å²) in [5, 5.41) is 7.83. The predicted molar refractivity (Wildman–Crippen MR) is 47.9 cm³/mol. The van der Waals surface area contributed by atoms with Crippen molar-refractivity contribution < 1.29 is 4.74 Å². The lowest BCUT2D eigenvalue weighted by Gasteiger charge is -1.99. The Balaban J connectivity index is 2.87. The molecule has 0 saturated carbocycles. The van der Waals surface area contributed by atoms with Crippen molar-refractivity contribution in [3.8, 4) is 5.88 Å². The van der Waals surface area contributed by atoms with Gasteiger partial charge >= 0.3 is 0 Å². The number of aryl methyl sites for hydroxylation is 1. The van der Waals surface area contributed by atoms with Crippen LogP contribution >= 0.6 is 11.6 Å². The highest BCUT2D eigenvalue weighted by atomic mass is 35.5. The lowest BCUT2D eigenvalue weighted by molar-refractivity contribution is 0.397. The van der Waals surface area contributed by atoms with Crippen molar-refractivity contribution >= 4 is 22.6 Å². The van der Waals surface area contributed by atoms with Gasteiger partial charge in [0.1, 0.15) is 5.52 Å². The van der Waals surface area contributed by atoms with Crippen LogP contribution in [-0.2, 0) is 7.05 Å². The number of rotatable bonds is 1. The molecule has 0 saturated heterocycles. The Morgan fingerprint density at radius 2 is 2.23 bits per heavy atom. The van der Waals surface area contributed by atoms with Gasteiger partial charge in [0, 0.05) is 7.05 Å². The summed E-state index contributed by atoms with van der Waals surface area (Å²) in [5.41, 5.74) is 1.36. The van der Waals surface area contributed by atoms with Crippen LogP contribution in [0.15, 0.2) is 6.33 Å². The highest BCUT2D eigenvalue weighted by molar-refractivity contribution is 6.33. The predicted octanol–water partition coefficient (Wildman–Crippen LogP) is 1.03. The van der Waals surface area contributed by atoms with E-state index >= 15 is 0 Å². The summed E-state index contributed by atoms with van der Waals surface area (Å²) < 4.78 is 6.76. The van der Waals surface area contributed by atoms with Crippen LogP contribution in [0.25, 0.3) is 11.0 Å². The third kappa shape index (κ3) is 1.12. The van der Waals surface area contributed by atoms with Gasteiger partial charge in [-0.1, -0.05) is 11.6 Å². The first kappa shape index (κ1) is 8.25. The van der Waals surface area contributed by atoms with E-state index < -0.39 is 0 Å². The van der Waals surface area contributed by atoms with Gasteiger partial charge in [-0.3, -0.25) is 0 Å². The Bertz CT molecular complexity index is 453. The van der Waals surface area contributed by atoms with Gasteiger partial charge in [0.05, 0.1) is 13.4 Å². The maximum atomic E-state index is 5.84. The zero-order valence-corrected chi connectivity index (χ0v) is 7.91. The van der Waals surface area contributed by atoms with Gasteiger partial charge in [0.25, 0.3) is 5.88 Å². The van der Waals surface area contributed by atoms with Gasteiger partial charge in [-0.05, 0) is 0 Å². The molecule has 0 atom stereocenters. The molecule has 5 nitrogen and oxygen atoms in total. The quantitative estimate of drug-likeness (QED) is 0.687. The number of fused-ring (bicyclic) bond motifs is 1. The first-order valence-electron chi connectivity index (χ1n) is 3.61. The largest absolute Gasteiger partial charge is 0.478 e. The highest BCUT2D eigenvalue weighted by Crippen LogP contribution is 2.24. The minimum atomic E-state index is 0.329. The van der Waals surface area contributed by atoms with Gasteiger partial charge in [-0.25, -0.2) is 4.98 Å². The average molecular weight is 199 g/mol. The van der Waals surface area contributed by atoms with Gasteiger partial charge < -0.3 is 9.30 Å². The third-order valence-electron chi connectivity index (χ3n) is 1.76. The molecule has 0 spiro atoms. The molecule has 0 amide bonds. The number of methoxy groups -OCH3 is 1. The Hall–Kier alpha value is -1.36. The van der Waals surface area contributed by atoms with E-state index in [1.807, 2.05) is 7.05 Å². The molecule has 0 fully saturated rings. The zero-order valence-electron chi connectivity index (χ0n) is 7.15. The van der Waals surface area contributed by atoms with Crippen molar-refractivity contribution in [3.05, 3.63) is 11.5 Å². The van der Waals surface area contributed by atoms with Crippen LogP contribution in [0.4, 0.5) is 0 Å². The Morgan fingerprint density at radius 1 is 1.46 bits per heavy atom. The SMILES string of the molecule is COc1nnc(Cl)c2c1ncn2C. The van der Waals surface area contributed by atoms with Crippen molar-refractivity contribution in [2.75, 3.05) is 7.11 Å². The molecular weight excluding hydrogens is 192 g/mol. The minimum absolute atomic E-state index is 0.329. The van der Waals surface area contributed by atoms with E-state index in [-0.39, 0.29) is 0 Å². The van der Waals surface area contributed by atoms with E-state index in [0.29, 0.717) is 16.5 Å². The summed E-state index contributed by atoms with van der Waals surface area (Å²) in [7, 11) is 3.36. The maximum absolute atomic E-state index is 5.84. The molecule has 0 radical (unpaired) electrons.